The van der Waals surface area contributed by atoms with Crippen molar-refractivity contribution in [2.45, 2.75) is 31.7 Å². The number of rotatable bonds is 4. The number of nitrogens with zero attached hydrogens (tertiary/aromatic N) is 4. The fourth-order valence-corrected chi connectivity index (χ4v) is 3.83. The summed E-state index contributed by atoms with van der Waals surface area (Å²) in [5, 5.41) is 14.4. The predicted octanol–water partition coefficient (Wildman–Crippen LogP) is 2.02. The zero-order valence-corrected chi connectivity index (χ0v) is 12.9. The van der Waals surface area contributed by atoms with E-state index in [1.807, 2.05) is 26.5 Å². The quantitative estimate of drug-likeness (QED) is 0.935. The highest BCUT2D eigenvalue weighted by atomic mass is 32.1. The molecule has 21 heavy (non-hydrogen) atoms. The summed E-state index contributed by atoms with van der Waals surface area (Å²) in [6.45, 7) is 0.720. The van der Waals surface area contributed by atoms with Crippen molar-refractivity contribution in [3.63, 3.8) is 0 Å². The predicted molar refractivity (Wildman–Crippen MR) is 80.7 cm³/mol. The number of hydrogen-bond donors (Lipinski definition) is 1. The molecule has 0 saturated heterocycles. The van der Waals surface area contributed by atoms with Crippen LogP contribution in [0.15, 0.2) is 12.4 Å². The summed E-state index contributed by atoms with van der Waals surface area (Å²) < 4.78 is 1.77. The SMILES string of the molecule is CN(Cc1cnn(C)c1)c1nc2c(s1)CCCC2C(=O)O. The molecule has 0 fully saturated rings. The van der Waals surface area contributed by atoms with Crippen LogP contribution in [-0.4, -0.2) is 32.9 Å². The van der Waals surface area contributed by atoms with Crippen LogP contribution in [0.4, 0.5) is 5.13 Å². The Balaban J connectivity index is 1.81. The summed E-state index contributed by atoms with van der Waals surface area (Å²) in [6.07, 6.45) is 6.38. The molecule has 3 rings (SSSR count). The second kappa shape index (κ2) is 5.48. The number of fused-ring (bicyclic) bond motifs is 1. The normalized spacial score (nSPS) is 17.5. The zero-order valence-electron chi connectivity index (χ0n) is 12.1. The van der Waals surface area contributed by atoms with Crippen molar-refractivity contribution in [2.24, 2.45) is 7.05 Å². The Morgan fingerprint density at radius 3 is 3.10 bits per heavy atom. The van der Waals surface area contributed by atoms with Crippen molar-refractivity contribution in [3.8, 4) is 0 Å². The fourth-order valence-electron chi connectivity index (χ4n) is 2.70. The monoisotopic (exact) mass is 306 g/mol. The van der Waals surface area contributed by atoms with Gasteiger partial charge in [-0.15, -0.1) is 11.3 Å². The van der Waals surface area contributed by atoms with Crippen LogP contribution in [0.1, 0.15) is 34.9 Å². The first kappa shape index (κ1) is 14.1. The number of aliphatic carboxylic acids is 1. The van der Waals surface area contributed by atoms with Gasteiger partial charge in [0.15, 0.2) is 5.13 Å². The molecule has 0 radical (unpaired) electrons. The molecular weight excluding hydrogens is 288 g/mol. The molecule has 1 aliphatic carbocycles. The Morgan fingerprint density at radius 1 is 1.62 bits per heavy atom. The van der Waals surface area contributed by atoms with Crippen LogP contribution in [0.25, 0.3) is 0 Å². The lowest BCUT2D eigenvalue weighted by atomic mass is 9.91. The number of hydrogen-bond acceptors (Lipinski definition) is 5. The van der Waals surface area contributed by atoms with Crippen LogP contribution < -0.4 is 4.90 Å². The standard InChI is InChI=1S/C14H18N4O2S/c1-17(7-9-6-15-18(2)8-9)14-16-12-10(13(19)20)4-3-5-11(12)21-14/h6,8,10H,3-5,7H2,1-2H3,(H,19,20). The maximum absolute atomic E-state index is 11.3. The zero-order chi connectivity index (χ0) is 15.0. The lowest BCUT2D eigenvalue weighted by Crippen LogP contribution is -2.18. The first-order chi connectivity index (χ1) is 10.0. The molecule has 0 bridgehead atoms. The summed E-state index contributed by atoms with van der Waals surface area (Å²) in [5.74, 6) is -1.20. The van der Waals surface area contributed by atoms with E-state index in [2.05, 4.69) is 15.0 Å². The van der Waals surface area contributed by atoms with E-state index in [0.717, 1.165) is 40.7 Å². The molecule has 1 atom stereocenters. The van der Waals surface area contributed by atoms with Crippen molar-refractivity contribution < 1.29 is 9.90 Å². The van der Waals surface area contributed by atoms with E-state index in [-0.39, 0.29) is 0 Å². The minimum Gasteiger partial charge on any atom is -0.481 e. The molecule has 0 aromatic carbocycles. The minimum absolute atomic E-state index is 0.439. The highest BCUT2D eigenvalue weighted by molar-refractivity contribution is 7.15. The molecule has 1 unspecified atom stereocenters. The second-order valence-corrected chi connectivity index (χ2v) is 6.53. The largest absolute Gasteiger partial charge is 0.481 e. The van der Waals surface area contributed by atoms with Gasteiger partial charge < -0.3 is 10.0 Å². The number of carboxylic acid groups (broad SMARTS) is 1. The van der Waals surface area contributed by atoms with Gasteiger partial charge in [-0.05, 0) is 19.3 Å². The van der Waals surface area contributed by atoms with Gasteiger partial charge in [-0.25, -0.2) is 4.98 Å². The molecule has 112 valence electrons. The van der Waals surface area contributed by atoms with Gasteiger partial charge in [-0.3, -0.25) is 9.48 Å². The average molecular weight is 306 g/mol. The summed E-state index contributed by atoms with van der Waals surface area (Å²) in [5.41, 5.74) is 1.88. The molecule has 1 N–H and O–H groups in total. The van der Waals surface area contributed by atoms with Gasteiger partial charge in [0.25, 0.3) is 0 Å². The Bertz CT molecular complexity index is 664. The number of aromatic nitrogens is 3. The van der Waals surface area contributed by atoms with Gasteiger partial charge in [0.2, 0.25) is 0 Å². The third-order valence-electron chi connectivity index (χ3n) is 3.75. The molecule has 2 aromatic rings. The Labute approximate surface area is 127 Å². The Hall–Kier alpha value is -1.89. The molecular formula is C14H18N4O2S. The molecule has 6 nitrogen and oxygen atoms in total. The number of carbonyl (C=O) groups is 1. The highest BCUT2D eigenvalue weighted by Crippen LogP contribution is 2.38. The summed E-state index contributed by atoms with van der Waals surface area (Å²) in [7, 11) is 3.87. The van der Waals surface area contributed by atoms with Gasteiger partial charge in [0, 0.05) is 37.3 Å². The molecule has 0 spiro atoms. The fraction of sp³-hybridized carbons (Fsp3) is 0.500. The van der Waals surface area contributed by atoms with Gasteiger partial charge in [-0.1, -0.05) is 0 Å². The van der Waals surface area contributed by atoms with Crippen molar-refractivity contribution in [3.05, 3.63) is 28.5 Å². The Morgan fingerprint density at radius 2 is 2.43 bits per heavy atom. The molecule has 7 heteroatoms. The van der Waals surface area contributed by atoms with Crippen LogP contribution in [0, 0.1) is 0 Å². The van der Waals surface area contributed by atoms with Gasteiger partial charge in [0.1, 0.15) is 5.92 Å². The maximum Gasteiger partial charge on any atom is 0.312 e. The maximum atomic E-state index is 11.3. The van der Waals surface area contributed by atoms with Crippen LogP contribution in [0.5, 0.6) is 0 Å². The van der Waals surface area contributed by atoms with Gasteiger partial charge in [-0.2, -0.15) is 5.10 Å². The molecule has 1 aliphatic rings. The van der Waals surface area contributed by atoms with Crippen molar-refractivity contribution in [2.75, 3.05) is 11.9 Å². The van der Waals surface area contributed by atoms with E-state index in [1.165, 1.54) is 0 Å². The molecule has 0 amide bonds. The number of thiazole rings is 1. The van der Waals surface area contributed by atoms with Crippen molar-refractivity contribution in [1.29, 1.82) is 0 Å². The van der Waals surface area contributed by atoms with Crippen LogP contribution >= 0.6 is 11.3 Å². The number of aryl methyl sites for hydroxylation is 2. The third-order valence-corrected chi connectivity index (χ3v) is 4.99. The van der Waals surface area contributed by atoms with Crippen molar-refractivity contribution >= 4 is 22.4 Å². The van der Waals surface area contributed by atoms with Crippen molar-refractivity contribution in [1.82, 2.24) is 14.8 Å². The van der Waals surface area contributed by atoms with E-state index < -0.39 is 11.9 Å². The number of anilines is 1. The van der Waals surface area contributed by atoms with E-state index in [9.17, 15) is 9.90 Å². The molecule has 0 saturated carbocycles. The molecule has 2 heterocycles. The van der Waals surface area contributed by atoms with E-state index >= 15 is 0 Å². The third kappa shape index (κ3) is 2.78. The van der Waals surface area contributed by atoms with E-state index in [1.54, 1.807) is 16.0 Å². The molecule has 2 aromatic heterocycles. The lowest BCUT2D eigenvalue weighted by Gasteiger charge is -2.16. The van der Waals surface area contributed by atoms with E-state index in [4.69, 9.17) is 0 Å². The highest BCUT2D eigenvalue weighted by Gasteiger charge is 2.30. The minimum atomic E-state index is -0.761. The average Bonchev–Trinajstić information content (AvgIpc) is 3.04. The summed E-state index contributed by atoms with van der Waals surface area (Å²) >= 11 is 1.61. The lowest BCUT2D eigenvalue weighted by molar-refractivity contribution is -0.139. The van der Waals surface area contributed by atoms with E-state index in [0.29, 0.717) is 6.42 Å². The van der Waals surface area contributed by atoms with Gasteiger partial charge in [0.05, 0.1) is 11.9 Å². The smallest absolute Gasteiger partial charge is 0.312 e. The summed E-state index contributed by atoms with van der Waals surface area (Å²) in [4.78, 5) is 19.1. The number of carboxylic acids is 1. The molecule has 0 aliphatic heterocycles. The first-order valence-corrected chi connectivity index (χ1v) is 7.77. The van der Waals surface area contributed by atoms with Crippen LogP contribution in [0.2, 0.25) is 0 Å². The van der Waals surface area contributed by atoms with Crippen LogP contribution in [0.3, 0.4) is 0 Å². The second-order valence-electron chi connectivity index (χ2n) is 5.47. The first-order valence-electron chi connectivity index (χ1n) is 6.95. The summed E-state index contributed by atoms with van der Waals surface area (Å²) in [6, 6.07) is 0. The van der Waals surface area contributed by atoms with Crippen LogP contribution in [-0.2, 0) is 24.8 Å². The van der Waals surface area contributed by atoms with Gasteiger partial charge >= 0.3 is 5.97 Å². The topological polar surface area (TPSA) is 71.2 Å². The Kier molecular flexibility index (Phi) is 3.67.